The molecule has 1 aromatic heterocycles. The van der Waals surface area contributed by atoms with Crippen LogP contribution < -0.4 is 17.2 Å². The zero-order valence-corrected chi connectivity index (χ0v) is 15.3. The standard InChI is InChI=1S/C11H20N4O9P2/c12-4-6-21-25(17,18)24-26(19,20)22-7-8-1-2-10(23-8)15-5-3-9(13)14-11(15)16/h3,5,8,10H,1-2,4,6-7,12H2,(H,17,18)(H,19,20)(H2,13,14,16). The van der Waals surface area contributed by atoms with E-state index in [1.54, 1.807) is 0 Å². The molecule has 0 saturated carbocycles. The third-order valence-corrected chi connectivity index (χ3v) is 5.88. The third-order valence-electron chi connectivity index (χ3n) is 3.25. The summed E-state index contributed by atoms with van der Waals surface area (Å²) in [6, 6.07) is 1.43. The Hall–Kier alpha value is -1.14. The van der Waals surface area contributed by atoms with Crippen molar-refractivity contribution in [2.24, 2.45) is 5.73 Å². The molecule has 4 unspecified atom stereocenters. The normalized spacial score (nSPS) is 24.9. The minimum Gasteiger partial charge on any atom is -0.383 e. The zero-order valence-electron chi connectivity index (χ0n) is 13.5. The van der Waals surface area contributed by atoms with Crippen molar-refractivity contribution >= 4 is 21.5 Å². The van der Waals surface area contributed by atoms with Gasteiger partial charge in [-0.25, -0.2) is 13.9 Å². The highest BCUT2D eigenvalue weighted by Crippen LogP contribution is 2.60. The lowest BCUT2D eigenvalue weighted by molar-refractivity contribution is -0.0243. The molecule has 0 aliphatic carbocycles. The van der Waals surface area contributed by atoms with E-state index < -0.39 is 40.3 Å². The van der Waals surface area contributed by atoms with E-state index in [0.717, 1.165) is 0 Å². The van der Waals surface area contributed by atoms with Crippen molar-refractivity contribution < 1.29 is 37.0 Å². The highest BCUT2D eigenvalue weighted by molar-refractivity contribution is 7.61. The molecule has 26 heavy (non-hydrogen) atoms. The lowest BCUT2D eigenvalue weighted by atomic mass is 10.2. The molecule has 0 bridgehead atoms. The molecule has 2 rings (SSSR count). The van der Waals surface area contributed by atoms with Gasteiger partial charge in [0.15, 0.2) is 0 Å². The maximum atomic E-state index is 11.8. The van der Waals surface area contributed by atoms with Gasteiger partial charge in [-0.15, -0.1) is 0 Å². The molecule has 1 aliphatic rings. The Morgan fingerprint density at radius 1 is 1.31 bits per heavy atom. The second-order valence-corrected chi connectivity index (χ2v) is 8.31. The van der Waals surface area contributed by atoms with Crippen molar-refractivity contribution in [1.29, 1.82) is 0 Å². The number of aromatic nitrogens is 2. The first-order valence-electron chi connectivity index (χ1n) is 7.48. The molecule has 0 radical (unpaired) electrons. The molecule has 1 aromatic rings. The number of hydrogen-bond donors (Lipinski definition) is 4. The maximum Gasteiger partial charge on any atom is 0.481 e. The Labute approximate surface area is 148 Å². The lowest BCUT2D eigenvalue weighted by Gasteiger charge is -2.18. The number of nitrogen functional groups attached to an aromatic ring is 1. The highest BCUT2D eigenvalue weighted by Gasteiger charge is 2.37. The zero-order chi connectivity index (χ0) is 19.4. The van der Waals surface area contributed by atoms with Gasteiger partial charge in [0.2, 0.25) is 0 Å². The van der Waals surface area contributed by atoms with Gasteiger partial charge in [-0.05, 0) is 18.9 Å². The van der Waals surface area contributed by atoms with Crippen molar-refractivity contribution in [1.82, 2.24) is 9.55 Å². The average molecular weight is 414 g/mol. The van der Waals surface area contributed by atoms with Crippen LogP contribution in [0.1, 0.15) is 19.1 Å². The quantitative estimate of drug-likeness (QED) is 0.386. The van der Waals surface area contributed by atoms with Gasteiger partial charge in [0.25, 0.3) is 0 Å². The highest BCUT2D eigenvalue weighted by atomic mass is 31.3. The maximum absolute atomic E-state index is 11.8. The van der Waals surface area contributed by atoms with E-state index in [1.165, 1.54) is 16.8 Å². The van der Waals surface area contributed by atoms with Crippen LogP contribution in [-0.2, 0) is 27.2 Å². The van der Waals surface area contributed by atoms with E-state index >= 15 is 0 Å². The van der Waals surface area contributed by atoms with Gasteiger partial charge >= 0.3 is 21.3 Å². The number of nitrogens with two attached hydrogens (primary N) is 2. The number of nitrogens with zero attached hydrogens (tertiary/aromatic N) is 2. The summed E-state index contributed by atoms with van der Waals surface area (Å²) in [4.78, 5) is 34.1. The number of phosphoric ester groups is 2. The van der Waals surface area contributed by atoms with Crippen LogP contribution in [0.25, 0.3) is 0 Å². The second kappa shape index (κ2) is 8.70. The second-order valence-electron chi connectivity index (χ2n) is 5.27. The van der Waals surface area contributed by atoms with Crippen LogP contribution >= 0.6 is 15.6 Å². The SMILES string of the molecule is NCCOP(=O)(O)OP(=O)(O)OCC1CCC(n2ccc(N)nc2=O)O1. The molecular weight excluding hydrogens is 394 g/mol. The topological polar surface area (TPSA) is 198 Å². The fourth-order valence-electron chi connectivity index (χ4n) is 2.18. The number of ether oxygens (including phenoxy) is 1. The molecule has 1 saturated heterocycles. The first kappa shape index (κ1) is 21.2. The Kier molecular flexibility index (Phi) is 7.08. The van der Waals surface area contributed by atoms with E-state index in [4.69, 9.17) is 16.2 Å². The van der Waals surface area contributed by atoms with Crippen molar-refractivity contribution in [2.45, 2.75) is 25.2 Å². The first-order chi connectivity index (χ1) is 12.1. The van der Waals surface area contributed by atoms with E-state index in [9.17, 15) is 23.7 Å². The molecule has 6 N–H and O–H groups in total. The van der Waals surface area contributed by atoms with E-state index in [2.05, 4.69) is 18.3 Å². The summed E-state index contributed by atoms with van der Waals surface area (Å²) < 4.78 is 43.1. The summed E-state index contributed by atoms with van der Waals surface area (Å²) in [5.74, 6) is 0.0767. The fraction of sp³-hybridized carbons (Fsp3) is 0.636. The van der Waals surface area contributed by atoms with Crippen LogP contribution in [0.4, 0.5) is 5.82 Å². The Balaban J connectivity index is 1.87. The molecule has 1 aliphatic heterocycles. The van der Waals surface area contributed by atoms with Gasteiger partial charge in [0, 0.05) is 12.7 Å². The molecule has 15 heteroatoms. The van der Waals surface area contributed by atoms with Crippen molar-refractivity contribution in [3.05, 3.63) is 22.7 Å². The molecular formula is C11H20N4O9P2. The molecule has 0 amide bonds. The minimum absolute atomic E-state index is 0.0767. The summed E-state index contributed by atoms with van der Waals surface area (Å²) in [7, 11) is -9.66. The van der Waals surface area contributed by atoms with Crippen LogP contribution in [0.5, 0.6) is 0 Å². The molecule has 4 atom stereocenters. The van der Waals surface area contributed by atoms with Gasteiger partial charge < -0.3 is 26.0 Å². The molecule has 148 valence electrons. The van der Waals surface area contributed by atoms with E-state index in [0.29, 0.717) is 12.8 Å². The molecule has 0 aromatic carbocycles. The predicted molar refractivity (Wildman–Crippen MR) is 87.7 cm³/mol. The lowest BCUT2D eigenvalue weighted by Crippen LogP contribution is -2.27. The summed E-state index contributed by atoms with van der Waals surface area (Å²) in [5.41, 5.74) is 9.91. The minimum atomic E-state index is -4.87. The Bertz CT molecular complexity index is 772. The molecule has 1 fully saturated rings. The first-order valence-corrected chi connectivity index (χ1v) is 10.5. The fourth-order valence-corrected chi connectivity index (χ4v) is 4.29. The predicted octanol–water partition coefficient (Wildman–Crippen LogP) is -0.288. The molecule has 2 heterocycles. The Morgan fingerprint density at radius 2 is 2.00 bits per heavy atom. The van der Waals surface area contributed by atoms with Gasteiger partial charge in [-0.2, -0.15) is 9.29 Å². The molecule has 13 nitrogen and oxygen atoms in total. The smallest absolute Gasteiger partial charge is 0.383 e. The third kappa shape index (κ3) is 6.23. The number of rotatable bonds is 9. The van der Waals surface area contributed by atoms with Gasteiger partial charge in [-0.1, -0.05) is 0 Å². The Morgan fingerprint density at radius 3 is 2.65 bits per heavy atom. The summed E-state index contributed by atoms with van der Waals surface area (Å²) in [5, 5.41) is 0. The largest absolute Gasteiger partial charge is 0.481 e. The van der Waals surface area contributed by atoms with E-state index in [1.807, 2.05) is 0 Å². The van der Waals surface area contributed by atoms with Gasteiger partial charge in [0.1, 0.15) is 12.0 Å². The average Bonchev–Trinajstić information content (AvgIpc) is 2.99. The summed E-state index contributed by atoms with van der Waals surface area (Å²) >= 11 is 0. The van der Waals surface area contributed by atoms with Crippen molar-refractivity contribution in [3.63, 3.8) is 0 Å². The van der Waals surface area contributed by atoms with Crippen molar-refractivity contribution in [2.75, 3.05) is 25.5 Å². The number of hydrogen-bond acceptors (Lipinski definition) is 10. The van der Waals surface area contributed by atoms with E-state index in [-0.39, 0.29) is 19.0 Å². The van der Waals surface area contributed by atoms with Crippen LogP contribution in [0.3, 0.4) is 0 Å². The van der Waals surface area contributed by atoms with Crippen LogP contribution in [0.15, 0.2) is 17.1 Å². The van der Waals surface area contributed by atoms with Crippen LogP contribution in [0.2, 0.25) is 0 Å². The monoisotopic (exact) mass is 414 g/mol. The van der Waals surface area contributed by atoms with Gasteiger partial charge in [0.05, 0.1) is 19.3 Å². The van der Waals surface area contributed by atoms with Crippen LogP contribution in [0, 0.1) is 0 Å². The van der Waals surface area contributed by atoms with Crippen molar-refractivity contribution in [3.8, 4) is 0 Å². The van der Waals surface area contributed by atoms with Gasteiger partial charge in [-0.3, -0.25) is 13.6 Å². The summed E-state index contributed by atoms with van der Waals surface area (Å²) in [6.07, 6.45) is 0.975. The number of anilines is 1. The summed E-state index contributed by atoms with van der Waals surface area (Å²) in [6.45, 7) is -0.828. The number of phosphoric acid groups is 2. The van der Waals surface area contributed by atoms with Crippen LogP contribution in [-0.4, -0.2) is 45.2 Å². The molecule has 0 spiro atoms.